The molecule has 1 aromatic rings. The standard InChI is InChI=1S/C13H19BrN2OS/c1-9(10-4-3-5-11(14)8-10)16-13(17)12(15)6-7-18-2/h3-5,8-9,12H,6-7,15H2,1-2H3,(H,16,17)/t9-,12-/m0/s1. The lowest BCUT2D eigenvalue weighted by Crippen LogP contribution is -2.41. The number of hydrogen-bond donors (Lipinski definition) is 2. The van der Waals surface area contributed by atoms with Crippen molar-refractivity contribution in [2.75, 3.05) is 12.0 Å². The molecule has 1 aromatic carbocycles. The lowest BCUT2D eigenvalue weighted by atomic mass is 10.1. The molecule has 0 heterocycles. The third-order valence-corrected chi connectivity index (χ3v) is 3.81. The minimum Gasteiger partial charge on any atom is -0.348 e. The van der Waals surface area contributed by atoms with Crippen molar-refractivity contribution in [1.29, 1.82) is 0 Å². The normalized spacial score (nSPS) is 14.0. The molecular weight excluding hydrogens is 312 g/mol. The van der Waals surface area contributed by atoms with E-state index in [-0.39, 0.29) is 11.9 Å². The summed E-state index contributed by atoms with van der Waals surface area (Å²) in [5.74, 6) is 0.816. The van der Waals surface area contributed by atoms with Gasteiger partial charge in [0.2, 0.25) is 5.91 Å². The lowest BCUT2D eigenvalue weighted by Gasteiger charge is -2.18. The summed E-state index contributed by atoms with van der Waals surface area (Å²) in [6.45, 7) is 1.96. The maximum Gasteiger partial charge on any atom is 0.237 e. The zero-order chi connectivity index (χ0) is 13.5. The molecule has 18 heavy (non-hydrogen) atoms. The number of carbonyl (C=O) groups is 1. The first kappa shape index (κ1) is 15.5. The molecule has 0 aliphatic rings. The minimum atomic E-state index is -0.424. The van der Waals surface area contributed by atoms with Gasteiger partial charge < -0.3 is 11.1 Å². The van der Waals surface area contributed by atoms with Gasteiger partial charge in [-0.15, -0.1) is 0 Å². The van der Waals surface area contributed by atoms with Crippen molar-refractivity contribution in [1.82, 2.24) is 5.32 Å². The maximum absolute atomic E-state index is 11.9. The van der Waals surface area contributed by atoms with Gasteiger partial charge in [0.1, 0.15) is 0 Å². The average molecular weight is 331 g/mol. The highest BCUT2D eigenvalue weighted by molar-refractivity contribution is 9.10. The number of thioether (sulfide) groups is 1. The highest BCUT2D eigenvalue weighted by Gasteiger charge is 2.16. The van der Waals surface area contributed by atoms with E-state index in [1.807, 2.05) is 37.4 Å². The fourth-order valence-corrected chi connectivity index (χ4v) is 2.46. The molecule has 0 aromatic heterocycles. The van der Waals surface area contributed by atoms with Gasteiger partial charge in [-0.1, -0.05) is 28.1 Å². The largest absolute Gasteiger partial charge is 0.348 e. The predicted molar refractivity (Wildman–Crippen MR) is 81.7 cm³/mol. The summed E-state index contributed by atoms with van der Waals surface area (Å²) in [5.41, 5.74) is 6.89. The molecule has 0 saturated carbocycles. The van der Waals surface area contributed by atoms with E-state index >= 15 is 0 Å². The van der Waals surface area contributed by atoms with Gasteiger partial charge in [-0.05, 0) is 43.0 Å². The number of rotatable bonds is 6. The molecule has 1 rings (SSSR count). The van der Waals surface area contributed by atoms with E-state index in [2.05, 4.69) is 21.2 Å². The van der Waals surface area contributed by atoms with Crippen LogP contribution in [0.5, 0.6) is 0 Å². The van der Waals surface area contributed by atoms with Gasteiger partial charge >= 0.3 is 0 Å². The average Bonchev–Trinajstić information content (AvgIpc) is 2.35. The molecule has 5 heteroatoms. The molecule has 0 radical (unpaired) electrons. The van der Waals surface area contributed by atoms with Crippen LogP contribution in [-0.4, -0.2) is 24.0 Å². The molecule has 100 valence electrons. The summed E-state index contributed by atoms with van der Waals surface area (Å²) in [7, 11) is 0. The van der Waals surface area contributed by atoms with Crippen LogP contribution in [0.25, 0.3) is 0 Å². The van der Waals surface area contributed by atoms with Crippen molar-refractivity contribution < 1.29 is 4.79 Å². The minimum absolute atomic E-state index is 0.0321. The fourth-order valence-electron chi connectivity index (χ4n) is 1.56. The summed E-state index contributed by atoms with van der Waals surface area (Å²) < 4.78 is 1.01. The van der Waals surface area contributed by atoms with Crippen LogP contribution in [0.3, 0.4) is 0 Å². The van der Waals surface area contributed by atoms with E-state index in [1.165, 1.54) is 0 Å². The Hall–Kier alpha value is -0.520. The van der Waals surface area contributed by atoms with E-state index < -0.39 is 6.04 Å². The molecule has 0 aliphatic carbocycles. The van der Waals surface area contributed by atoms with E-state index in [4.69, 9.17) is 5.73 Å². The number of nitrogens with one attached hydrogen (secondary N) is 1. The summed E-state index contributed by atoms with van der Waals surface area (Å²) >= 11 is 5.12. The van der Waals surface area contributed by atoms with Crippen molar-refractivity contribution in [2.45, 2.75) is 25.4 Å². The molecule has 0 aliphatic heterocycles. The highest BCUT2D eigenvalue weighted by atomic mass is 79.9. The van der Waals surface area contributed by atoms with E-state index in [1.54, 1.807) is 11.8 Å². The number of carbonyl (C=O) groups excluding carboxylic acids is 1. The van der Waals surface area contributed by atoms with Crippen LogP contribution in [-0.2, 0) is 4.79 Å². The first-order valence-electron chi connectivity index (χ1n) is 5.85. The predicted octanol–water partition coefficient (Wildman–Crippen LogP) is 2.71. The Labute approximate surface area is 121 Å². The van der Waals surface area contributed by atoms with Gasteiger partial charge in [-0.3, -0.25) is 4.79 Å². The molecule has 2 atom stereocenters. The van der Waals surface area contributed by atoms with Crippen molar-refractivity contribution in [3.63, 3.8) is 0 Å². The Morgan fingerprint density at radius 1 is 1.56 bits per heavy atom. The van der Waals surface area contributed by atoms with Crippen LogP contribution in [0.2, 0.25) is 0 Å². The summed E-state index contributed by atoms with van der Waals surface area (Å²) in [5, 5.41) is 2.94. The molecular formula is C13H19BrN2OS. The summed E-state index contributed by atoms with van der Waals surface area (Å²) in [6, 6.07) is 7.45. The number of benzene rings is 1. The second-order valence-electron chi connectivity index (χ2n) is 4.17. The van der Waals surface area contributed by atoms with Crippen molar-refractivity contribution >= 4 is 33.6 Å². The molecule has 0 fully saturated rings. The lowest BCUT2D eigenvalue weighted by molar-refractivity contribution is -0.123. The molecule has 0 bridgehead atoms. The van der Waals surface area contributed by atoms with Crippen LogP contribution in [0.4, 0.5) is 0 Å². The van der Waals surface area contributed by atoms with Crippen LogP contribution in [0.1, 0.15) is 24.9 Å². The molecule has 3 N–H and O–H groups in total. The monoisotopic (exact) mass is 330 g/mol. The Morgan fingerprint density at radius 3 is 2.89 bits per heavy atom. The van der Waals surface area contributed by atoms with Gasteiger partial charge in [0.15, 0.2) is 0 Å². The van der Waals surface area contributed by atoms with Gasteiger partial charge in [0.25, 0.3) is 0 Å². The van der Waals surface area contributed by atoms with Gasteiger partial charge in [-0.2, -0.15) is 11.8 Å². The second-order valence-corrected chi connectivity index (χ2v) is 6.07. The second kappa shape index (κ2) is 7.81. The zero-order valence-corrected chi connectivity index (χ0v) is 13.1. The number of halogens is 1. The SMILES string of the molecule is CSCC[C@H](N)C(=O)N[C@@H](C)c1cccc(Br)c1. The third-order valence-electron chi connectivity index (χ3n) is 2.68. The van der Waals surface area contributed by atoms with E-state index in [9.17, 15) is 4.79 Å². The van der Waals surface area contributed by atoms with Gasteiger partial charge in [-0.25, -0.2) is 0 Å². The smallest absolute Gasteiger partial charge is 0.237 e. The first-order chi connectivity index (χ1) is 8.54. The zero-order valence-electron chi connectivity index (χ0n) is 10.7. The third kappa shape index (κ3) is 5.00. The van der Waals surface area contributed by atoms with Crippen LogP contribution >= 0.6 is 27.7 Å². The molecule has 0 spiro atoms. The number of amides is 1. The highest BCUT2D eigenvalue weighted by Crippen LogP contribution is 2.17. The van der Waals surface area contributed by atoms with Gasteiger partial charge in [0, 0.05) is 4.47 Å². The number of hydrogen-bond acceptors (Lipinski definition) is 3. The van der Waals surface area contributed by atoms with Crippen molar-refractivity contribution in [2.24, 2.45) is 5.73 Å². The Balaban J connectivity index is 2.54. The quantitative estimate of drug-likeness (QED) is 0.843. The van der Waals surface area contributed by atoms with Crippen LogP contribution in [0, 0.1) is 0 Å². The summed E-state index contributed by atoms with van der Waals surface area (Å²) in [4.78, 5) is 11.9. The Morgan fingerprint density at radius 2 is 2.28 bits per heavy atom. The van der Waals surface area contributed by atoms with E-state index in [0.29, 0.717) is 6.42 Å². The molecule has 1 amide bonds. The van der Waals surface area contributed by atoms with Crippen LogP contribution < -0.4 is 11.1 Å². The molecule has 0 unspecified atom stereocenters. The Bertz CT molecular complexity index is 400. The van der Waals surface area contributed by atoms with Crippen molar-refractivity contribution in [3.8, 4) is 0 Å². The van der Waals surface area contributed by atoms with Crippen LogP contribution in [0.15, 0.2) is 28.7 Å². The summed E-state index contributed by atoms with van der Waals surface area (Å²) in [6.07, 6.45) is 2.72. The van der Waals surface area contributed by atoms with Gasteiger partial charge in [0.05, 0.1) is 12.1 Å². The molecule has 0 saturated heterocycles. The Kier molecular flexibility index (Phi) is 6.75. The maximum atomic E-state index is 11.9. The van der Waals surface area contributed by atoms with Crippen molar-refractivity contribution in [3.05, 3.63) is 34.3 Å². The topological polar surface area (TPSA) is 55.1 Å². The molecule has 3 nitrogen and oxygen atoms in total. The van der Waals surface area contributed by atoms with E-state index in [0.717, 1.165) is 15.8 Å². The number of nitrogens with two attached hydrogens (primary N) is 1. The fraction of sp³-hybridized carbons (Fsp3) is 0.462. The first-order valence-corrected chi connectivity index (χ1v) is 8.03.